The van der Waals surface area contributed by atoms with Crippen LogP contribution >= 0.6 is 0 Å². The average molecular weight is 174 g/mol. The highest BCUT2D eigenvalue weighted by Crippen LogP contribution is 2.08. The maximum absolute atomic E-state index is 9.10. The zero-order valence-corrected chi connectivity index (χ0v) is 7.64. The van der Waals surface area contributed by atoms with Crippen molar-refractivity contribution in [2.45, 2.75) is 32.5 Å². The number of rotatable bonds is 5. The first-order valence-electron chi connectivity index (χ1n) is 4.21. The van der Waals surface area contributed by atoms with E-state index in [2.05, 4.69) is 0 Å². The van der Waals surface area contributed by atoms with E-state index in [4.69, 9.17) is 15.3 Å². The van der Waals surface area contributed by atoms with Gasteiger partial charge in [0.25, 0.3) is 0 Å². The van der Waals surface area contributed by atoms with E-state index >= 15 is 0 Å². The van der Waals surface area contributed by atoms with Crippen molar-refractivity contribution in [1.29, 1.82) is 0 Å². The van der Waals surface area contributed by atoms with Crippen LogP contribution in [0.2, 0.25) is 0 Å². The largest absolute Gasteiger partial charge is 0.393 e. The van der Waals surface area contributed by atoms with Crippen molar-refractivity contribution in [3.05, 3.63) is 12.2 Å². The second-order valence-electron chi connectivity index (χ2n) is 3.13. The van der Waals surface area contributed by atoms with E-state index in [9.17, 15) is 0 Å². The summed E-state index contributed by atoms with van der Waals surface area (Å²) in [6.07, 6.45) is 2.93. The molecule has 0 heterocycles. The molecule has 72 valence electrons. The molecule has 0 saturated carbocycles. The van der Waals surface area contributed by atoms with Crippen LogP contribution in [0.25, 0.3) is 0 Å². The predicted molar refractivity (Wildman–Crippen MR) is 47.7 cm³/mol. The number of hydrogen-bond donors (Lipinski definition) is 3. The van der Waals surface area contributed by atoms with Crippen LogP contribution in [0.3, 0.4) is 0 Å². The molecular formula is C9H18O3. The van der Waals surface area contributed by atoms with E-state index < -0.39 is 6.10 Å². The van der Waals surface area contributed by atoms with Crippen molar-refractivity contribution in [2.75, 3.05) is 6.61 Å². The lowest BCUT2D eigenvalue weighted by Crippen LogP contribution is -2.12. The molecule has 3 nitrogen and oxygen atoms in total. The van der Waals surface area contributed by atoms with Gasteiger partial charge >= 0.3 is 0 Å². The Labute approximate surface area is 73.4 Å². The smallest absolute Gasteiger partial charge is 0.0951 e. The number of allylic oxidation sites excluding steroid dienone is 1. The Morgan fingerprint density at radius 3 is 2.25 bits per heavy atom. The minimum Gasteiger partial charge on any atom is -0.393 e. The minimum absolute atomic E-state index is 0.187. The highest BCUT2D eigenvalue weighted by atomic mass is 16.3. The highest BCUT2D eigenvalue weighted by molar-refractivity contribution is 4.89. The monoisotopic (exact) mass is 174 g/mol. The number of hydrogen-bond acceptors (Lipinski definition) is 3. The fourth-order valence-electron chi connectivity index (χ4n) is 0.708. The van der Waals surface area contributed by atoms with Crippen molar-refractivity contribution in [2.24, 2.45) is 5.92 Å². The molecule has 0 rings (SSSR count). The summed E-state index contributed by atoms with van der Waals surface area (Å²) in [6.45, 7) is 3.42. The predicted octanol–water partition coefficient (Wildman–Crippen LogP) is 0.303. The molecule has 0 aromatic rings. The van der Waals surface area contributed by atoms with Crippen LogP contribution in [0.5, 0.6) is 0 Å². The molecule has 0 amide bonds. The summed E-state index contributed by atoms with van der Waals surface area (Å²) in [4.78, 5) is 0. The normalized spacial score (nSPS) is 19.4. The third-order valence-corrected chi connectivity index (χ3v) is 1.88. The zero-order chi connectivity index (χ0) is 9.56. The summed E-state index contributed by atoms with van der Waals surface area (Å²) < 4.78 is 0. The molecule has 0 aliphatic rings. The molecule has 3 N–H and O–H groups in total. The van der Waals surface area contributed by atoms with Crippen molar-refractivity contribution in [1.82, 2.24) is 0 Å². The van der Waals surface area contributed by atoms with Gasteiger partial charge in [-0.1, -0.05) is 19.1 Å². The van der Waals surface area contributed by atoms with Crippen molar-refractivity contribution in [3.8, 4) is 0 Å². The first kappa shape index (κ1) is 11.6. The standard InChI is InChI=1S/C9H18O3/c1-7(8(2)11)4-3-5-9(12)6-10/h3,5,7-12H,4,6H2,1-2H3/b5-3+/t7?,8-,9-/m0/s1. The van der Waals surface area contributed by atoms with Gasteiger partial charge in [0.2, 0.25) is 0 Å². The Morgan fingerprint density at radius 2 is 1.83 bits per heavy atom. The molecule has 3 heteroatoms. The fourth-order valence-corrected chi connectivity index (χ4v) is 0.708. The van der Waals surface area contributed by atoms with Crippen LogP contribution in [0, 0.1) is 5.92 Å². The minimum atomic E-state index is -0.772. The van der Waals surface area contributed by atoms with Crippen LogP contribution in [0.4, 0.5) is 0 Å². The van der Waals surface area contributed by atoms with Gasteiger partial charge in [-0.2, -0.15) is 0 Å². The lowest BCUT2D eigenvalue weighted by Gasteiger charge is -2.11. The average Bonchev–Trinajstić information content (AvgIpc) is 2.03. The topological polar surface area (TPSA) is 60.7 Å². The molecule has 0 saturated heterocycles. The van der Waals surface area contributed by atoms with Gasteiger partial charge in [0, 0.05) is 0 Å². The first-order valence-corrected chi connectivity index (χ1v) is 4.21. The molecule has 0 radical (unpaired) electrons. The first-order chi connectivity index (χ1) is 5.57. The zero-order valence-electron chi connectivity index (χ0n) is 7.64. The van der Waals surface area contributed by atoms with Gasteiger partial charge in [-0.15, -0.1) is 0 Å². The molecule has 3 atom stereocenters. The molecule has 0 aromatic carbocycles. The van der Waals surface area contributed by atoms with Gasteiger partial charge in [-0.3, -0.25) is 0 Å². The van der Waals surface area contributed by atoms with E-state index in [0.29, 0.717) is 6.42 Å². The molecule has 0 spiro atoms. The van der Waals surface area contributed by atoms with E-state index in [1.165, 1.54) is 0 Å². The van der Waals surface area contributed by atoms with Crippen LogP contribution in [0.1, 0.15) is 20.3 Å². The van der Waals surface area contributed by atoms with Crippen LogP contribution < -0.4 is 0 Å². The fraction of sp³-hybridized carbons (Fsp3) is 0.778. The summed E-state index contributed by atoms with van der Waals surface area (Å²) in [7, 11) is 0. The Morgan fingerprint density at radius 1 is 1.25 bits per heavy atom. The van der Waals surface area contributed by atoms with Gasteiger partial charge in [0.15, 0.2) is 0 Å². The molecule has 0 aliphatic carbocycles. The van der Waals surface area contributed by atoms with Crippen molar-refractivity contribution < 1.29 is 15.3 Å². The Hall–Kier alpha value is -0.380. The Kier molecular flexibility index (Phi) is 5.98. The maximum atomic E-state index is 9.10. The summed E-state index contributed by atoms with van der Waals surface area (Å²) in [5.74, 6) is 0.187. The molecule has 0 aliphatic heterocycles. The Bertz CT molecular complexity index is 132. The van der Waals surface area contributed by atoms with E-state index in [0.717, 1.165) is 0 Å². The highest BCUT2D eigenvalue weighted by Gasteiger charge is 2.05. The molecule has 0 fully saturated rings. The lowest BCUT2D eigenvalue weighted by atomic mass is 10.0. The molecule has 0 aromatic heterocycles. The van der Waals surface area contributed by atoms with Gasteiger partial charge < -0.3 is 15.3 Å². The molecule has 1 unspecified atom stereocenters. The van der Waals surface area contributed by atoms with Gasteiger partial charge in [0.05, 0.1) is 18.8 Å². The van der Waals surface area contributed by atoms with Crippen molar-refractivity contribution >= 4 is 0 Å². The van der Waals surface area contributed by atoms with Crippen LogP contribution in [0.15, 0.2) is 12.2 Å². The molecular weight excluding hydrogens is 156 g/mol. The second-order valence-corrected chi connectivity index (χ2v) is 3.13. The summed E-state index contributed by atoms with van der Waals surface area (Å²) in [6, 6.07) is 0. The number of aliphatic hydroxyl groups excluding tert-OH is 3. The van der Waals surface area contributed by atoms with Crippen molar-refractivity contribution in [3.63, 3.8) is 0 Å². The third kappa shape index (κ3) is 5.29. The third-order valence-electron chi connectivity index (χ3n) is 1.88. The second kappa shape index (κ2) is 6.17. The molecule has 12 heavy (non-hydrogen) atoms. The summed E-state index contributed by atoms with van der Waals surface area (Å²) in [5, 5.41) is 26.5. The Balaban J connectivity index is 3.59. The number of aliphatic hydroxyl groups is 3. The quantitative estimate of drug-likeness (QED) is 0.525. The van der Waals surface area contributed by atoms with Gasteiger partial charge in [-0.05, 0) is 19.3 Å². The summed E-state index contributed by atoms with van der Waals surface area (Å²) >= 11 is 0. The molecule has 0 bridgehead atoms. The van der Waals surface area contributed by atoms with Gasteiger partial charge in [-0.25, -0.2) is 0 Å². The van der Waals surface area contributed by atoms with E-state index in [-0.39, 0.29) is 18.6 Å². The van der Waals surface area contributed by atoms with Crippen LogP contribution in [-0.4, -0.2) is 34.1 Å². The van der Waals surface area contributed by atoms with Gasteiger partial charge in [0.1, 0.15) is 0 Å². The maximum Gasteiger partial charge on any atom is 0.0951 e. The summed E-state index contributed by atoms with van der Waals surface area (Å²) in [5.41, 5.74) is 0. The SMILES string of the molecule is CC(C/C=C/[C@H](O)CO)[C@H](C)O. The van der Waals surface area contributed by atoms with Crippen LogP contribution in [-0.2, 0) is 0 Å². The van der Waals surface area contributed by atoms with E-state index in [1.54, 1.807) is 19.1 Å². The van der Waals surface area contributed by atoms with E-state index in [1.807, 2.05) is 6.92 Å². The lowest BCUT2D eigenvalue weighted by molar-refractivity contribution is 0.128.